The maximum absolute atomic E-state index is 13.3. The smallest absolute Gasteiger partial charge is 0.313 e. The fourth-order valence-corrected chi connectivity index (χ4v) is 2.52. The normalized spacial score (nSPS) is 14.8. The third kappa shape index (κ3) is 3.99. The van der Waals surface area contributed by atoms with Crippen molar-refractivity contribution in [1.82, 2.24) is 0 Å². The van der Waals surface area contributed by atoms with E-state index < -0.39 is 24.0 Å². The van der Waals surface area contributed by atoms with Crippen molar-refractivity contribution >= 4 is 5.97 Å². The molecule has 24 heavy (non-hydrogen) atoms. The molecular formula is C19H22FNO3. The minimum Gasteiger partial charge on any atom is -0.481 e. The first-order valence-electron chi connectivity index (χ1n) is 7.81. The van der Waals surface area contributed by atoms with Crippen molar-refractivity contribution in [2.75, 3.05) is 6.61 Å². The summed E-state index contributed by atoms with van der Waals surface area (Å²) in [6, 6.07) is 13.4. The number of aryl methyl sites for hydroxylation is 1. The van der Waals surface area contributed by atoms with Gasteiger partial charge in [-0.1, -0.05) is 36.4 Å². The molecule has 2 atom stereocenters. The number of halogens is 1. The number of rotatable bonds is 7. The molecule has 0 fully saturated rings. The number of carboxylic acid groups (broad SMARTS) is 1. The summed E-state index contributed by atoms with van der Waals surface area (Å²) in [5.41, 5.74) is 7.34. The largest absolute Gasteiger partial charge is 0.481 e. The lowest BCUT2D eigenvalue weighted by Crippen LogP contribution is -2.48. The first-order chi connectivity index (χ1) is 11.4. The lowest BCUT2D eigenvalue weighted by atomic mass is 9.81. The van der Waals surface area contributed by atoms with Gasteiger partial charge in [-0.3, -0.25) is 4.79 Å². The van der Waals surface area contributed by atoms with E-state index in [2.05, 4.69) is 0 Å². The second kappa shape index (κ2) is 7.55. The van der Waals surface area contributed by atoms with Gasteiger partial charge in [-0.15, -0.1) is 0 Å². The molecule has 0 radical (unpaired) electrons. The summed E-state index contributed by atoms with van der Waals surface area (Å²) < 4.78 is 13.3. The van der Waals surface area contributed by atoms with Gasteiger partial charge >= 0.3 is 5.97 Å². The van der Waals surface area contributed by atoms with Crippen LogP contribution in [0.15, 0.2) is 48.5 Å². The van der Waals surface area contributed by atoms with E-state index in [1.165, 1.54) is 19.1 Å². The molecule has 2 aromatic rings. The van der Waals surface area contributed by atoms with Crippen LogP contribution < -0.4 is 5.73 Å². The molecule has 5 heteroatoms. The molecule has 0 aliphatic heterocycles. The van der Waals surface area contributed by atoms with Crippen LogP contribution in [0.4, 0.5) is 4.39 Å². The molecule has 0 aliphatic carbocycles. The summed E-state index contributed by atoms with van der Waals surface area (Å²) >= 11 is 0. The van der Waals surface area contributed by atoms with Crippen molar-refractivity contribution in [1.29, 1.82) is 0 Å². The Labute approximate surface area is 140 Å². The summed E-state index contributed by atoms with van der Waals surface area (Å²) in [6.07, 6.45) is 1.05. The molecule has 0 spiro atoms. The van der Waals surface area contributed by atoms with Crippen LogP contribution in [0.5, 0.6) is 0 Å². The third-order valence-electron chi connectivity index (χ3n) is 4.49. The molecule has 4 nitrogen and oxygen atoms in total. The zero-order valence-electron chi connectivity index (χ0n) is 13.6. The molecule has 0 amide bonds. The number of carbonyl (C=O) groups is 1. The number of carboxylic acids is 1. The molecule has 0 saturated heterocycles. The van der Waals surface area contributed by atoms with Gasteiger partial charge in [0, 0.05) is 6.04 Å². The lowest BCUT2D eigenvalue weighted by Gasteiger charge is -2.29. The van der Waals surface area contributed by atoms with Crippen molar-refractivity contribution in [3.05, 3.63) is 59.9 Å². The molecule has 0 unspecified atom stereocenters. The zero-order valence-corrected chi connectivity index (χ0v) is 13.6. The second-order valence-corrected chi connectivity index (χ2v) is 6.23. The van der Waals surface area contributed by atoms with E-state index in [9.17, 15) is 19.4 Å². The minimum atomic E-state index is -1.35. The van der Waals surface area contributed by atoms with Gasteiger partial charge in [0.15, 0.2) is 0 Å². The van der Waals surface area contributed by atoms with E-state index in [1.54, 1.807) is 6.07 Å². The quantitative estimate of drug-likeness (QED) is 0.728. The number of nitrogens with two attached hydrogens (primary N) is 1. The third-order valence-corrected chi connectivity index (χ3v) is 4.49. The summed E-state index contributed by atoms with van der Waals surface area (Å²) in [5.74, 6) is -1.38. The van der Waals surface area contributed by atoms with Crippen LogP contribution in [0.1, 0.15) is 18.9 Å². The molecule has 0 aromatic heterocycles. The Morgan fingerprint density at radius 3 is 2.42 bits per heavy atom. The molecule has 0 heterocycles. The SMILES string of the molecule is C[C@@](CO)(C(=O)O)[C@@H](N)CCc1ccc(-c2cccc(F)c2)cc1. The highest BCUT2D eigenvalue weighted by atomic mass is 19.1. The van der Waals surface area contributed by atoms with Gasteiger partial charge in [0.1, 0.15) is 11.2 Å². The van der Waals surface area contributed by atoms with E-state index in [1.807, 2.05) is 30.3 Å². The van der Waals surface area contributed by atoms with Crippen molar-refractivity contribution in [3.63, 3.8) is 0 Å². The fourth-order valence-electron chi connectivity index (χ4n) is 2.52. The highest BCUT2D eigenvalue weighted by Gasteiger charge is 2.38. The Morgan fingerprint density at radius 2 is 1.88 bits per heavy atom. The predicted molar refractivity (Wildman–Crippen MR) is 91.0 cm³/mol. The number of hydrogen-bond donors (Lipinski definition) is 3. The summed E-state index contributed by atoms with van der Waals surface area (Å²) in [5, 5.41) is 18.5. The fraction of sp³-hybridized carbons (Fsp3) is 0.316. The van der Waals surface area contributed by atoms with E-state index in [0.29, 0.717) is 12.8 Å². The van der Waals surface area contributed by atoms with Crippen LogP contribution in [-0.4, -0.2) is 28.8 Å². The first kappa shape index (κ1) is 18.1. The Kier molecular flexibility index (Phi) is 5.70. The topological polar surface area (TPSA) is 83.5 Å². The molecule has 4 N–H and O–H groups in total. The van der Waals surface area contributed by atoms with E-state index >= 15 is 0 Å². The van der Waals surface area contributed by atoms with Crippen molar-refractivity contribution in [2.45, 2.75) is 25.8 Å². The van der Waals surface area contributed by atoms with Crippen LogP contribution >= 0.6 is 0 Å². The molecule has 128 valence electrons. The van der Waals surface area contributed by atoms with Gasteiger partial charge in [-0.2, -0.15) is 0 Å². The summed E-state index contributed by atoms with van der Waals surface area (Å²) in [7, 11) is 0. The Hall–Kier alpha value is -2.24. The lowest BCUT2D eigenvalue weighted by molar-refractivity contribution is -0.151. The number of benzene rings is 2. The maximum atomic E-state index is 13.3. The Morgan fingerprint density at radius 1 is 1.21 bits per heavy atom. The van der Waals surface area contributed by atoms with Crippen molar-refractivity contribution in [2.24, 2.45) is 11.1 Å². The number of hydrogen-bond acceptors (Lipinski definition) is 3. The van der Waals surface area contributed by atoms with Crippen LogP contribution in [0, 0.1) is 11.2 Å². The number of aliphatic hydroxyl groups is 1. The minimum absolute atomic E-state index is 0.278. The molecule has 2 rings (SSSR count). The van der Waals surface area contributed by atoms with Crippen molar-refractivity contribution < 1.29 is 19.4 Å². The van der Waals surface area contributed by atoms with Crippen LogP contribution in [-0.2, 0) is 11.2 Å². The number of aliphatic hydroxyl groups excluding tert-OH is 1. The Balaban J connectivity index is 2.03. The zero-order chi connectivity index (χ0) is 17.7. The van der Waals surface area contributed by atoms with Gasteiger partial charge in [-0.05, 0) is 48.6 Å². The molecular weight excluding hydrogens is 309 g/mol. The van der Waals surface area contributed by atoms with Crippen LogP contribution in [0.2, 0.25) is 0 Å². The van der Waals surface area contributed by atoms with Gasteiger partial charge in [0.05, 0.1) is 6.61 Å². The van der Waals surface area contributed by atoms with Crippen molar-refractivity contribution in [3.8, 4) is 11.1 Å². The monoisotopic (exact) mass is 331 g/mol. The highest BCUT2D eigenvalue weighted by molar-refractivity contribution is 5.75. The molecule has 0 saturated carbocycles. The highest BCUT2D eigenvalue weighted by Crippen LogP contribution is 2.25. The molecule has 2 aromatic carbocycles. The summed E-state index contributed by atoms with van der Waals surface area (Å²) in [4.78, 5) is 11.3. The second-order valence-electron chi connectivity index (χ2n) is 6.23. The standard InChI is InChI=1S/C19H22FNO3/c1-19(12-22,18(23)24)17(21)10-7-13-5-8-14(9-6-13)15-3-2-4-16(20)11-15/h2-6,8-9,11,17,22H,7,10,12,21H2,1H3,(H,23,24)/t17-,19-/m0/s1. The van der Waals surface area contributed by atoms with Gasteiger partial charge in [0.2, 0.25) is 0 Å². The molecule has 0 aliphatic rings. The van der Waals surface area contributed by atoms with Gasteiger partial charge < -0.3 is 15.9 Å². The number of aliphatic carboxylic acids is 1. The average Bonchev–Trinajstić information content (AvgIpc) is 2.59. The Bertz CT molecular complexity index is 702. The van der Waals surface area contributed by atoms with Crippen LogP contribution in [0.3, 0.4) is 0 Å². The molecule has 0 bridgehead atoms. The van der Waals surface area contributed by atoms with Gasteiger partial charge in [0.25, 0.3) is 0 Å². The first-order valence-corrected chi connectivity index (χ1v) is 7.81. The van der Waals surface area contributed by atoms with Crippen LogP contribution in [0.25, 0.3) is 11.1 Å². The van der Waals surface area contributed by atoms with E-state index in [0.717, 1.165) is 16.7 Å². The predicted octanol–water partition coefficient (Wildman–Crippen LogP) is 2.84. The summed E-state index contributed by atoms with van der Waals surface area (Å²) in [6.45, 7) is 0.953. The van der Waals surface area contributed by atoms with E-state index in [-0.39, 0.29) is 5.82 Å². The maximum Gasteiger partial charge on any atom is 0.313 e. The average molecular weight is 331 g/mol. The van der Waals surface area contributed by atoms with Gasteiger partial charge in [-0.25, -0.2) is 4.39 Å². The van der Waals surface area contributed by atoms with E-state index in [4.69, 9.17) is 5.73 Å².